The van der Waals surface area contributed by atoms with Crippen LogP contribution in [0.1, 0.15) is 27.7 Å². The van der Waals surface area contributed by atoms with Gasteiger partial charge in [0.1, 0.15) is 6.04 Å². The van der Waals surface area contributed by atoms with E-state index < -0.39 is 10.8 Å². The number of amides is 2. The Morgan fingerprint density at radius 1 is 1.26 bits per heavy atom. The Hall–Kier alpha value is -1.69. The van der Waals surface area contributed by atoms with Gasteiger partial charge >= 0.3 is 12.0 Å². The minimum atomic E-state index is -0.617. The molecule has 2 atom stereocenters. The second-order valence-electron chi connectivity index (χ2n) is 6.49. The molecule has 1 aliphatic heterocycles. The Morgan fingerprint density at radius 2 is 1.87 bits per heavy atom. The van der Waals surface area contributed by atoms with Crippen LogP contribution in [0.5, 0.6) is 0 Å². The molecule has 0 saturated carbocycles. The molecule has 0 radical (unpaired) electrons. The molecule has 0 bridgehead atoms. The number of hydrogen-bond donors (Lipinski definition) is 1. The van der Waals surface area contributed by atoms with E-state index in [2.05, 4.69) is 19.2 Å². The molecule has 1 fully saturated rings. The van der Waals surface area contributed by atoms with Crippen molar-refractivity contribution in [3.05, 3.63) is 30.3 Å². The van der Waals surface area contributed by atoms with Crippen molar-refractivity contribution in [3.8, 4) is 0 Å². The van der Waals surface area contributed by atoms with Gasteiger partial charge < -0.3 is 10.1 Å². The summed E-state index contributed by atoms with van der Waals surface area (Å²) in [6, 6.07) is 8.36. The third-order valence-corrected chi connectivity index (χ3v) is 5.73. The fourth-order valence-corrected chi connectivity index (χ4v) is 4.39. The van der Waals surface area contributed by atoms with Crippen LogP contribution >= 0.6 is 11.8 Å². The van der Waals surface area contributed by atoms with Crippen LogP contribution in [0, 0.1) is 5.92 Å². The van der Waals surface area contributed by atoms with E-state index in [4.69, 9.17) is 4.74 Å². The Bertz CT molecular complexity index is 574. The second kappa shape index (κ2) is 6.83. The maximum Gasteiger partial charge on any atom is 0.330 e. The molecule has 0 aliphatic carbocycles. The molecule has 2 unspecified atom stereocenters. The summed E-state index contributed by atoms with van der Waals surface area (Å²) in [5.41, 5.74) is 0.707. The Balaban J connectivity index is 2.32. The van der Waals surface area contributed by atoms with E-state index in [0.717, 1.165) is 0 Å². The topological polar surface area (TPSA) is 58.6 Å². The SMILES string of the molecule is COC(=O)C1N(C(=O)Nc2ccccc2)C(C(C)C)SC1(C)C. The Kier molecular flexibility index (Phi) is 5.24. The van der Waals surface area contributed by atoms with Gasteiger partial charge in [-0.3, -0.25) is 4.90 Å². The van der Waals surface area contributed by atoms with Crippen molar-refractivity contribution in [1.29, 1.82) is 0 Å². The van der Waals surface area contributed by atoms with Crippen LogP contribution in [0.2, 0.25) is 0 Å². The standard InChI is InChI=1S/C17H24N2O3S/c1-11(2)14-19(13(15(20)22-5)17(3,4)23-14)16(21)18-12-9-7-6-8-10-12/h6-11,13-14H,1-5H3,(H,18,21). The monoisotopic (exact) mass is 336 g/mol. The van der Waals surface area contributed by atoms with E-state index in [9.17, 15) is 9.59 Å². The minimum absolute atomic E-state index is 0.0854. The molecule has 23 heavy (non-hydrogen) atoms. The normalized spacial score (nSPS) is 23.0. The highest BCUT2D eigenvalue weighted by atomic mass is 32.2. The zero-order valence-electron chi connectivity index (χ0n) is 14.2. The highest BCUT2D eigenvalue weighted by molar-refractivity contribution is 8.01. The average Bonchev–Trinajstić information content (AvgIpc) is 2.79. The molecule has 1 N–H and O–H groups in total. The number of carbonyl (C=O) groups excluding carboxylic acids is 2. The number of benzene rings is 1. The largest absolute Gasteiger partial charge is 0.467 e. The van der Waals surface area contributed by atoms with Crippen molar-refractivity contribution in [3.63, 3.8) is 0 Å². The van der Waals surface area contributed by atoms with Crippen molar-refractivity contribution in [2.45, 2.75) is 43.9 Å². The lowest BCUT2D eigenvalue weighted by Crippen LogP contribution is -2.53. The summed E-state index contributed by atoms with van der Waals surface area (Å²) in [6.45, 7) is 8.06. The summed E-state index contributed by atoms with van der Waals surface area (Å²) in [6.07, 6.45) is 0. The number of thioether (sulfide) groups is 1. The van der Waals surface area contributed by atoms with Gasteiger partial charge in [-0.2, -0.15) is 0 Å². The number of nitrogens with zero attached hydrogens (tertiary/aromatic N) is 1. The summed E-state index contributed by atoms with van der Waals surface area (Å²) in [5, 5.41) is 2.80. The second-order valence-corrected chi connectivity index (χ2v) is 8.26. The number of ether oxygens (including phenoxy) is 1. The quantitative estimate of drug-likeness (QED) is 0.857. The van der Waals surface area contributed by atoms with Gasteiger partial charge in [-0.1, -0.05) is 32.0 Å². The summed E-state index contributed by atoms with van der Waals surface area (Å²) < 4.78 is 4.55. The van der Waals surface area contributed by atoms with Crippen LogP contribution < -0.4 is 5.32 Å². The molecular formula is C17H24N2O3S. The number of esters is 1. The van der Waals surface area contributed by atoms with Gasteiger partial charge in [-0.25, -0.2) is 9.59 Å². The maximum atomic E-state index is 12.8. The maximum absolute atomic E-state index is 12.8. The fraction of sp³-hybridized carbons (Fsp3) is 0.529. The highest BCUT2D eigenvalue weighted by Gasteiger charge is 2.54. The minimum Gasteiger partial charge on any atom is -0.467 e. The van der Waals surface area contributed by atoms with Gasteiger partial charge in [0, 0.05) is 10.4 Å². The van der Waals surface area contributed by atoms with Crippen molar-refractivity contribution in [2.75, 3.05) is 12.4 Å². The van der Waals surface area contributed by atoms with Crippen LogP contribution in [0.15, 0.2) is 30.3 Å². The van der Waals surface area contributed by atoms with E-state index in [1.807, 2.05) is 44.2 Å². The van der Waals surface area contributed by atoms with Gasteiger partial charge in [0.15, 0.2) is 0 Å². The van der Waals surface area contributed by atoms with Crippen LogP contribution in [0.25, 0.3) is 0 Å². The number of para-hydroxylation sites is 1. The number of urea groups is 1. The molecular weight excluding hydrogens is 312 g/mol. The summed E-state index contributed by atoms with van der Waals surface area (Å²) in [5.74, 6) is -0.163. The van der Waals surface area contributed by atoms with Crippen LogP contribution in [-0.2, 0) is 9.53 Å². The zero-order chi connectivity index (χ0) is 17.2. The first kappa shape index (κ1) is 17.7. The summed E-state index contributed by atoms with van der Waals surface area (Å²) in [4.78, 5) is 26.8. The molecule has 1 aromatic rings. The summed E-state index contributed by atoms with van der Waals surface area (Å²) >= 11 is 1.64. The lowest BCUT2D eigenvalue weighted by atomic mass is 10.0. The Labute approximate surface area is 141 Å². The van der Waals surface area contributed by atoms with E-state index >= 15 is 0 Å². The lowest BCUT2D eigenvalue weighted by molar-refractivity contribution is -0.146. The molecule has 2 amide bonds. The molecule has 5 nitrogen and oxygen atoms in total. The number of carbonyl (C=O) groups is 2. The average molecular weight is 336 g/mol. The third kappa shape index (κ3) is 3.63. The van der Waals surface area contributed by atoms with Gasteiger partial charge in [-0.05, 0) is 31.9 Å². The summed E-state index contributed by atoms with van der Waals surface area (Å²) in [7, 11) is 1.36. The third-order valence-electron chi connectivity index (χ3n) is 3.89. The number of methoxy groups -OCH3 is 1. The molecule has 2 rings (SSSR count). The number of nitrogens with one attached hydrogen (secondary N) is 1. The van der Waals surface area contributed by atoms with Crippen molar-refractivity contribution in [1.82, 2.24) is 4.90 Å². The fourth-order valence-electron chi connectivity index (χ4n) is 2.82. The van der Waals surface area contributed by atoms with Gasteiger partial charge in [-0.15, -0.1) is 11.8 Å². The smallest absolute Gasteiger partial charge is 0.330 e. The molecule has 1 heterocycles. The molecule has 0 spiro atoms. The molecule has 1 aromatic carbocycles. The number of rotatable bonds is 3. The lowest BCUT2D eigenvalue weighted by Gasteiger charge is -2.32. The van der Waals surface area contributed by atoms with Crippen LogP contribution in [0.4, 0.5) is 10.5 Å². The van der Waals surface area contributed by atoms with E-state index in [1.165, 1.54) is 7.11 Å². The first-order valence-corrected chi connectivity index (χ1v) is 8.56. The first-order chi connectivity index (χ1) is 10.8. The zero-order valence-corrected chi connectivity index (χ0v) is 15.0. The van der Waals surface area contributed by atoms with Gasteiger partial charge in [0.2, 0.25) is 0 Å². The van der Waals surface area contributed by atoms with Crippen molar-refractivity contribution in [2.24, 2.45) is 5.92 Å². The number of anilines is 1. The molecule has 0 aromatic heterocycles. The van der Waals surface area contributed by atoms with E-state index in [1.54, 1.807) is 16.7 Å². The Morgan fingerprint density at radius 3 is 2.39 bits per heavy atom. The number of hydrogen-bond acceptors (Lipinski definition) is 4. The van der Waals surface area contributed by atoms with Gasteiger partial charge in [0.25, 0.3) is 0 Å². The molecule has 126 valence electrons. The van der Waals surface area contributed by atoms with E-state index in [0.29, 0.717) is 5.69 Å². The van der Waals surface area contributed by atoms with Crippen molar-refractivity contribution >= 4 is 29.4 Å². The predicted molar refractivity (Wildman–Crippen MR) is 93.4 cm³/mol. The molecule has 6 heteroatoms. The highest BCUT2D eigenvalue weighted by Crippen LogP contribution is 2.47. The van der Waals surface area contributed by atoms with Crippen LogP contribution in [0.3, 0.4) is 0 Å². The molecule has 1 aliphatic rings. The predicted octanol–water partition coefficient (Wildman–Crippen LogP) is 3.57. The van der Waals surface area contributed by atoms with E-state index in [-0.39, 0.29) is 23.3 Å². The first-order valence-electron chi connectivity index (χ1n) is 7.68. The van der Waals surface area contributed by atoms with Crippen LogP contribution in [-0.4, -0.2) is 40.2 Å². The molecule has 1 saturated heterocycles. The van der Waals surface area contributed by atoms with Gasteiger partial charge in [0.05, 0.1) is 12.5 Å². The van der Waals surface area contributed by atoms with Crippen molar-refractivity contribution < 1.29 is 14.3 Å².